The Morgan fingerprint density at radius 3 is 2.27 bits per heavy atom. The summed E-state index contributed by atoms with van der Waals surface area (Å²) in [5, 5.41) is 0. The first-order chi connectivity index (χ1) is 12.0. The Labute approximate surface area is 148 Å². The van der Waals surface area contributed by atoms with Crippen LogP contribution in [0.3, 0.4) is 0 Å². The van der Waals surface area contributed by atoms with E-state index in [0.717, 1.165) is 17.2 Å². The summed E-state index contributed by atoms with van der Waals surface area (Å²) in [6.07, 6.45) is -2.61. The van der Waals surface area contributed by atoms with Crippen LogP contribution in [0.1, 0.15) is 33.4 Å². The van der Waals surface area contributed by atoms with Crippen molar-refractivity contribution in [3.05, 3.63) is 42.1 Å². The number of alkyl halides is 3. The Kier molecular flexibility index (Phi) is 5.63. The number of hydrogen-bond donors (Lipinski definition) is 0. The summed E-state index contributed by atoms with van der Waals surface area (Å²) in [6, 6.07) is 3.07. The maximum atomic E-state index is 13.6. The van der Waals surface area contributed by atoms with Gasteiger partial charge >= 0.3 is 6.18 Å². The van der Waals surface area contributed by atoms with E-state index in [1.54, 1.807) is 27.7 Å². The van der Waals surface area contributed by atoms with Crippen molar-refractivity contribution in [2.24, 2.45) is 5.92 Å². The van der Waals surface area contributed by atoms with E-state index in [4.69, 9.17) is 0 Å². The first kappa shape index (κ1) is 19.8. The Morgan fingerprint density at radius 1 is 1.12 bits per heavy atom. The van der Waals surface area contributed by atoms with Crippen molar-refractivity contribution in [2.45, 2.75) is 39.9 Å². The van der Waals surface area contributed by atoms with Crippen molar-refractivity contribution in [3.63, 3.8) is 0 Å². The monoisotopic (exact) mass is 369 g/mol. The molecule has 0 saturated heterocycles. The smallest absolute Gasteiger partial charge is 0.308 e. The molecular weight excluding hydrogens is 350 g/mol. The standard InChI is InChI=1S/C18H19F4N3O/c1-10(2)17(26)25(11(3)4)15-6-5-14(24-16(15)18(20,21)22)12-7-13(19)9-23-8-12/h5-11H,1-4H3. The predicted octanol–water partition coefficient (Wildman–Crippen LogP) is 4.70. The molecule has 0 N–H and O–H groups in total. The van der Waals surface area contributed by atoms with Gasteiger partial charge in [0.1, 0.15) is 5.82 Å². The lowest BCUT2D eigenvalue weighted by Crippen LogP contribution is -2.41. The SMILES string of the molecule is CC(C)C(=O)N(c1ccc(-c2cncc(F)c2)nc1C(F)(F)F)C(C)C. The maximum absolute atomic E-state index is 13.6. The molecule has 0 aliphatic carbocycles. The Hall–Kier alpha value is -2.51. The molecule has 0 atom stereocenters. The van der Waals surface area contributed by atoms with Crippen LogP contribution in [0.5, 0.6) is 0 Å². The van der Waals surface area contributed by atoms with Crippen molar-refractivity contribution in [1.29, 1.82) is 0 Å². The second-order valence-electron chi connectivity index (χ2n) is 6.41. The van der Waals surface area contributed by atoms with Gasteiger partial charge in [-0.1, -0.05) is 13.8 Å². The number of anilines is 1. The van der Waals surface area contributed by atoms with E-state index >= 15 is 0 Å². The topological polar surface area (TPSA) is 46.1 Å². The summed E-state index contributed by atoms with van der Waals surface area (Å²) in [4.78, 5) is 20.8. The molecule has 2 rings (SSSR count). The van der Waals surface area contributed by atoms with Gasteiger partial charge in [-0.3, -0.25) is 9.78 Å². The number of amides is 1. The van der Waals surface area contributed by atoms with Crippen molar-refractivity contribution >= 4 is 11.6 Å². The number of carbonyl (C=O) groups is 1. The number of carbonyl (C=O) groups excluding carboxylic acids is 1. The summed E-state index contributed by atoms with van der Waals surface area (Å²) in [5.41, 5.74) is -1.47. The second-order valence-corrected chi connectivity index (χ2v) is 6.41. The van der Waals surface area contributed by atoms with Crippen molar-refractivity contribution in [2.75, 3.05) is 4.90 Å². The van der Waals surface area contributed by atoms with Gasteiger partial charge in [0, 0.05) is 23.7 Å². The molecule has 1 amide bonds. The third-order valence-electron chi connectivity index (χ3n) is 3.65. The zero-order valence-corrected chi connectivity index (χ0v) is 14.8. The van der Waals surface area contributed by atoms with Crippen LogP contribution < -0.4 is 4.90 Å². The molecule has 0 aliphatic rings. The van der Waals surface area contributed by atoms with E-state index in [2.05, 4.69) is 9.97 Å². The Morgan fingerprint density at radius 2 is 1.77 bits per heavy atom. The highest BCUT2D eigenvalue weighted by atomic mass is 19.4. The van der Waals surface area contributed by atoms with Gasteiger partial charge in [-0.2, -0.15) is 13.2 Å². The number of halogens is 4. The average Bonchev–Trinajstić information content (AvgIpc) is 2.53. The van der Waals surface area contributed by atoms with Crippen LogP contribution in [-0.4, -0.2) is 21.9 Å². The zero-order chi connectivity index (χ0) is 19.6. The minimum absolute atomic E-state index is 0.0752. The number of aromatic nitrogens is 2. The average molecular weight is 369 g/mol. The normalized spacial score (nSPS) is 11.9. The molecule has 140 valence electrons. The van der Waals surface area contributed by atoms with Crippen LogP contribution in [0, 0.1) is 11.7 Å². The quantitative estimate of drug-likeness (QED) is 0.734. The van der Waals surface area contributed by atoms with Crippen molar-refractivity contribution in [3.8, 4) is 11.3 Å². The minimum atomic E-state index is -4.78. The molecular formula is C18H19F4N3O. The van der Waals surface area contributed by atoms with Crippen LogP contribution in [0.4, 0.5) is 23.2 Å². The second kappa shape index (κ2) is 7.39. The number of rotatable bonds is 4. The number of hydrogen-bond acceptors (Lipinski definition) is 3. The molecule has 0 unspecified atom stereocenters. The van der Waals surface area contributed by atoms with E-state index in [1.165, 1.54) is 18.3 Å². The molecule has 0 aliphatic heterocycles. The van der Waals surface area contributed by atoms with Gasteiger partial charge in [0.15, 0.2) is 5.69 Å². The fourth-order valence-electron chi connectivity index (χ4n) is 2.50. The molecule has 2 aromatic heterocycles. The van der Waals surface area contributed by atoms with Crippen molar-refractivity contribution in [1.82, 2.24) is 9.97 Å². The highest BCUT2D eigenvalue weighted by Gasteiger charge is 2.39. The number of nitrogens with zero attached hydrogens (tertiary/aromatic N) is 3. The van der Waals surface area contributed by atoms with E-state index in [-0.39, 0.29) is 16.9 Å². The summed E-state index contributed by atoms with van der Waals surface area (Å²) in [5.74, 6) is -1.60. The molecule has 0 saturated carbocycles. The first-order valence-electron chi connectivity index (χ1n) is 8.04. The highest BCUT2D eigenvalue weighted by molar-refractivity contribution is 5.95. The number of pyridine rings is 2. The summed E-state index contributed by atoms with van der Waals surface area (Å²) >= 11 is 0. The molecule has 8 heteroatoms. The van der Waals surface area contributed by atoms with Crippen molar-refractivity contribution < 1.29 is 22.4 Å². The molecule has 0 bridgehead atoms. The van der Waals surface area contributed by atoms with Gasteiger partial charge < -0.3 is 4.90 Å². The molecule has 4 nitrogen and oxygen atoms in total. The molecule has 0 fully saturated rings. The van der Waals surface area contributed by atoms with Crippen LogP contribution in [-0.2, 0) is 11.0 Å². The van der Waals surface area contributed by atoms with Gasteiger partial charge in [0.25, 0.3) is 0 Å². The molecule has 0 aromatic carbocycles. The molecule has 0 spiro atoms. The van der Waals surface area contributed by atoms with E-state index in [1.807, 2.05) is 0 Å². The summed E-state index contributed by atoms with van der Waals surface area (Å²) in [6.45, 7) is 6.49. The lowest BCUT2D eigenvalue weighted by Gasteiger charge is -2.30. The third-order valence-corrected chi connectivity index (χ3v) is 3.65. The van der Waals surface area contributed by atoms with E-state index in [0.29, 0.717) is 0 Å². The van der Waals surface area contributed by atoms with Gasteiger partial charge in [-0.15, -0.1) is 0 Å². The fraction of sp³-hybridized carbons (Fsp3) is 0.389. The van der Waals surface area contributed by atoms with Crippen LogP contribution in [0.2, 0.25) is 0 Å². The van der Waals surface area contributed by atoms with E-state index < -0.39 is 35.6 Å². The maximum Gasteiger partial charge on any atom is 0.435 e. The molecule has 0 radical (unpaired) electrons. The van der Waals surface area contributed by atoms with Crippen LogP contribution in [0.25, 0.3) is 11.3 Å². The van der Waals surface area contributed by atoms with E-state index in [9.17, 15) is 22.4 Å². The first-order valence-corrected chi connectivity index (χ1v) is 8.04. The van der Waals surface area contributed by atoms with Crippen LogP contribution in [0.15, 0.2) is 30.6 Å². The van der Waals surface area contributed by atoms with Gasteiger partial charge in [-0.25, -0.2) is 9.37 Å². The molecule has 2 heterocycles. The van der Waals surface area contributed by atoms with Gasteiger partial charge in [0.05, 0.1) is 17.6 Å². The lowest BCUT2D eigenvalue weighted by molar-refractivity contribution is -0.140. The largest absolute Gasteiger partial charge is 0.435 e. The Bertz CT molecular complexity index is 803. The summed E-state index contributed by atoms with van der Waals surface area (Å²) < 4.78 is 54.2. The molecule has 2 aromatic rings. The highest BCUT2D eigenvalue weighted by Crippen LogP contribution is 2.38. The summed E-state index contributed by atoms with van der Waals surface area (Å²) in [7, 11) is 0. The third kappa shape index (κ3) is 4.17. The minimum Gasteiger partial charge on any atom is -0.308 e. The Balaban J connectivity index is 2.65. The zero-order valence-electron chi connectivity index (χ0n) is 14.8. The van der Waals surface area contributed by atoms with Gasteiger partial charge in [0.2, 0.25) is 5.91 Å². The lowest BCUT2D eigenvalue weighted by atomic mass is 10.1. The van der Waals surface area contributed by atoms with Crippen LogP contribution >= 0.6 is 0 Å². The predicted molar refractivity (Wildman–Crippen MR) is 89.9 cm³/mol. The fourth-order valence-corrected chi connectivity index (χ4v) is 2.50. The molecule has 26 heavy (non-hydrogen) atoms. The van der Waals surface area contributed by atoms with Gasteiger partial charge in [-0.05, 0) is 32.0 Å².